The normalized spacial score (nSPS) is 17.1. The van der Waals surface area contributed by atoms with Gasteiger partial charge in [-0.15, -0.1) is 0 Å². The van der Waals surface area contributed by atoms with Crippen molar-refractivity contribution >= 4 is 27.6 Å². The Morgan fingerprint density at radius 3 is 2.59 bits per heavy atom. The molecule has 0 aromatic carbocycles. The van der Waals surface area contributed by atoms with Gasteiger partial charge in [0.15, 0.2) is 0 Å². The summed E-state index contributed by atoms with van der Waals surface area (Å²) < 4.78 is 38.3. The molecular weight excluding hydrogens is 496 g/mol. The first-order chi connectivity index (χ1) is 17.9. The van der Waals surface area contributed by atoms with Crippen LogP contribution in [0.25, 0.3) is 11.3 Å². The predicted molar refractivity (Wildman–Crippen MR) is 137 cm³/mol. The molecule has 2 aliphatic rings. The average molecular weight is 525 g/mol. The first-order valence-electron chi connectivity index (χ1n) is 12.2. The number of anilines is 2. The maximum Gasteiger partial charge on any atom is 0.237 e. The molecule has 11 nitrogen and oxygen atoms in total. The summed E-state index contributed by atoms with van der Waals surface area (Å²) in [4.78, 5) is 31.2. The second-order valence-electron chi connectivity index (χ2n) is 9.01. The number of carbonyl (C=O) groups is 1. The van der Waals surface area contributed by atoms with Crippen molar-refractivity contribution in [1.82, 2.24) is 19.9 Å². The quantitative estimate of drug-likeness (QED) is 0.431. The highest BCUT2D eigenvalue weighted by Gasteiger charge is 2.44. The average Bonchev–Trinajstić information content (AvgIpc) is 3.77. The molecule has 0 spiro atoms. The van der Waals surface area contributed by atoms with Crippen molar-refractivity contribution in [3.8, 4) is 17.1 Å². The molecule has 1 saturated carbocycles. The summed E-state index contributed by atoms with van der Waals surface area (Å²) in [6, 6.07) is 8.55. The van der Waals surface area contributed by atoms with Gasteiger partial charge in [-0.1, -0.05) is 6.07 Å². The van der Waals surface area contributed by atoms with Gasteiger partial charge in [-0.3, -0.25) is 14.5 Å². The Morgan fingerprint density at radius 2 is 1.89 bits per heavy atom. The first kappa shape index (κ1) is 25.0. The molecule has 3 aromatic heterocycles. The minimum atomic E-state index is -3.47. The number of sulfonamides is 1. The number of nitrogens with zero attached hydrogens (tertiary/aromatic N) is 4. The summed E-state index contributed by atoms with van der Waals surface area (Å²) >= 11 is 0. The molecule has 4 heterocycles. The van der Waals surface area contributed by atoms with Crippen LogP contribution in [0.3, 0.4) is 0 Å². The van der Waals surface area contributed by atoms with Gasteiger partial charge in [-0.25, -0.2) is 23.4 Å². The maximum atomic E-state index is 13.7. The van der Waals surface area contributed by atoms with Crippen molar-refractivity contribution in [3.63, 3.8) is 0 Å². The Morgan fingerprint density at radius 1 is 1.08 bits per heavy atom. The minimum Gasteiger partial charge on any atom is -0.477 e. The molecule has 37 heavy (non-hydrogen) atoms. The van der Waals surface area contributed by atoms with Crippen LogP contribution in [0.1, 0.15) is 38.3 Å². The second-order valence-corrected chi connectivity index (χ2v) is 11.0. The van der Waals surface area contributed by atoms with Crippen molar-refractivity contribution in [2.45, 2.75) is 43.3 Å². The molecule has 2 N–H and O–H groups in total. The Bertz CT molecular complexity index is 1370. The van der Waals surface area contributed by atoms with Gasteiger partial charge in [-0.2, -0.15) is 0 Å². The fourth-order valence-corrected chi connectivity index (χ4v) is 5.57. The van der Waals surface area contributed by atoms with Crippen LogP contribution in [0, 0.1) is 0 Å². The maximum absolute atomic E-state index is 13.7. The molecule has 3 aromatic rings. The van der Waals surface area contributed by atoms with Gasteiger partial charge in [0.05, 0.1) is 41.1 Å². The van der Waals surface area contributed by atoms with E-state index in [4.69, 9.17) is 9.47 Å². The van der Waals surface area contributed by atoms with E-state index >= 15 is 0 Å². The number of amides is 1. The van der Waals surface area contributed by atoms with Crippen LogP contribution >= 0.6 is 0 Å². The third-order valence-electron chi connectivity index (χ3n) is 6.44. The van der Waals surface area contributed by atoms with Crippen LogP contribution in [0.15, 0.2) is 48.9 Å². The molecule has 0 radical (unpaired) electrons. The zero-order valence-corrected chi connectivity index (χ0v) is 21.2. The molecule has 0 atom stereocenters. The molecule has 1 aliphatic heterocycles. The van der Waals surface area contributed by atoms with Crippen LogP contribution < -0.4 is 14.8 Å². The summed E-state index contributed by atoms with van der Waals surface area (Å²) in [5, 5.41) is 2.54. The lowest BCUT2D eigenvalue weighted by Gasteiger charge is -2.35. The smallest absolute Gasteiger partial charge is 0.237 e. The number of rotatable bonds is 9. The Hall–Kier alpha value is -3.64. The molecule has 2 fully saturated rings. The SMILES string of the molecule is CCOc1cncc(-c2ccc(NC(=O)C3(c4cccc(NS(=O)(=O)C5CC5)n4)CCOCC3)nc2)n1. The van der Waals surface area contributed by atoms with Crippen molar-refractivity contribution in [2.24, 2.45) is 0 Å². The van der Waals surface area contributed by atoms with Gasteiger partial charge >= 0.3 is 0 Å². The van der Waals surface area contributed by atoms with E-state index in [1.165, 1.54) is 0 Å². The highest BCUT2D eigenvalue weighted by Crippen LogP contribution is 2.36. The number of hydrogen-bond acceptors (Lipinski definition) is 9. The van der Waals surface area contributed by atoms with E-state index in [2.05, 4.69) is 30.0 Å². The molecule has 0 bridgehead atoms. The van der Waals surface area contributed by atoms with E-state index < -0.39 is 15.4 Å². The summed E-state index contributed by atoms with van der Waals surface area (Å²) in [7, 11) is -3.47. The molecular formula is C25H28N6O5S. The van der Waals surface area contributed by atoms with Crippen LogP contribution in [0.5, 0.6) is 5.88 Å². The molecule has 5 rings (SSSR count). The highest BCUT2D eigenvalue weighted by atomic mass is 32.2. The zero-order valence-electron chi connectivity index (χ0n) is 20.4. The number of hydrogen-bond donors (Lipinski definition) is 2. The predicted octanol–water partition coefficient (Wildman–Crippen LogP) is 2.92. The van der Waals surface area contributed by atoms with Crippen molar-refractivity contribution in [2.75, 3.05) is 29.9 Å². The van der Waals surface area contributed by atoms with Crippen molar-refractivity contribution in [1.29, 1.82) is 0 Å². The van der Waals surface area contributed by atoms with Gasteiger partial charge in [0, 0.05) is 25.0 Å². The van der Waals surface area contributed by atoms with Gasteiger partial charge in [0.1, 0.15) is 11.6 Å². The zero-order chi connectivity index (χ0) is 25.9. The fourth-order valence-electron chi connectivity index (χ4n) is 4.24. The summed E-state index contributed by atoms with van der Waals surface area (Å²) in [5.74, 6) is 0.733. The van der Waals surface area contributed by atoms with E-state index in [0.717, 1.165) is 5.56 Å². The van der Waals surface area contributed by atoms with E-state index in [1.54, 1.807) is 48.9 Å². The molecule has 194 valence electrons. The van der Waals surface area contributed by atoms with E-state index in [-0.39, 0.29) is 17.0 Å². The van der Waals surface area contributed by atoms with Crippen LogP contribution in [0.2, 0.25) is 0 Å². The number of ether oxygens (including phenoxy) is 2. The van der Waals surface area contributed by atoms with E-state index in [0.29, 0.717) is 68.6 Å². The second kappa shape index (κ2) is 10.4. The summed E-state index contributed by atoms with van der Waals surface area (Å²) in [5.41, 5.74) is 0.831. The molecule has 12 heteroatoms. The van der Waals surface area contributed by atoms with Gasteiger partial charge in [-0.05, 0) is 56.9 Å². The Balaban J connectivity index is 1.36. The highest BCUT2D eigenvalue weighted by molar-refractivity contribution is 7.93. The largest absolute Gasteiger partial charge is 0.477 e. The molecule has 0 unspecified atom stereocenters. The van der Waals surface area contributed by atoms with Gasteiger partial charge in [0.25, 0.3) is 0 Å². The summed E-state index contributed by atoms with van der Waals surface area (Å²) in [6.07, 6.45) is 6.87. The fraction of sp³-hybridized carbons (Fsp3) is 0.400. The van der Waals surface area contributed by atoms with Gasteiger partial charge < -0.3 is 14.8 Å². The lowest BCUT2D eigenvalue weighted by molar-refractivity contribution is -0.125. The standard InChI is InChI=1S/C25H28N6O5S/c1-2-36-23-16-26-15-19(28-23)17-6-9-21(27-14-17)30-24(32)25(10-12-35-13-11-25)20-4-3-5-22(29-20)31-37(33,34)18-7-8-18/h3-6,9,14-16,18H,2,7-8,10-13H2,1H3,(H,29,31)(H,27,30,32). The topological polar surface area (TPSA) is 145 Å². The third-order valence-corrected chi connectivity index (χ3v) is 8.28. The van der Waals surface area contributed by atoms with Crippen LogP contribution in [-0.4, -0.2) is 59.3 Å². The molecule has 1 aliphatic carbocycles. The third kappa shape index (κ3) is 5.54. The van der Waals surface area contributed by atoms with Crippen LogP contribution in [0.4, 0.5) is 11.6 Å². The number of carbonyl (C=O) groups excluding carboxylic acids is 1. The van der Waals surface area contributed by atoms with Gasteiger partial charge in [0.2, 0.25) is 21.8 Å². The van der Waals surface area contributed by atoms with E-state index in [1.807, 2.05) is 6.92 Å². The Kier molecular flexibility index (Phi) is 7.02. The van der Waals surface area contributed by atoms with Crippen LogP contribution in [-0.2, 0) is 25.0 Å². The number of aromatic nitrogens is 4. The monoisotopic (exact) mass is 524 g/mol. The molecule has 1 amide bonds. The number of nitrogens with one attached hydrogen (secondary N) is 2. The Labute approximate surface area is 215 Å². The van der Waals surface area contributed by atoms with Crippen molar-refractivity contribution in [3.05, 3.63) is 54.6 Å². The van der Waals surface area contributed by atoms with Crippen molar-refractivity contribution < 1.29 is 22.7 Å². The lowest BCUT2D eigenvalue weighted by atomic mass is 9.76. The molecule has 1 saturated heterocycles. The number of pyridine rings is 2. The lowest BCUT2D eigenvalue weighted by Crippen LogP contribution is -2.45. The summed E-state index contributed by atoms with van der Waals surface area (Å²) in [6.45, 7) is 3.12. The first-order valence-corrected chi connectivity index (χ1v) is 13.7. The minimum absolute atomic E-state index is 0.209. The van der Waals surface area contributed by atoms with E-state index in [9.17, 15) is 13.2 Å².